The molecule has 2 nitrogen and oxygen atoms in total. The molecule has 3 heteroatoms. The van der Waals surface area contributed by atoms with Crippen LogP contribution in [0, 0.1) is 0 Å². The number of carboxylic acids is 1. The maximum atomic E-state index is 12.0. The minimum atomic E-state index is -1.03. The first-order valence-corrected chi connectivity index (χ1v) is 3.12. The molecule has 0 aliphatic carbocycles. The van der Waals surface area contributed by atoms with E-state index in [9.17, 15) is 9.18 Å². The average Bonchev–Trinajstić information content (AvgIpc) is 2.05. The van der Waals surface area contributed by atoms with Gasteiger partial charge in [0.25, 0.3) is 0 Å². The van der Waals surface area contributed by atoms with Crippen molar-refractivity contribution in [3.8, 4) is 0 Å². The highest BCUT2D eigenvalue weighted by atomic mass is 19.1. The normalized spacial score (nSPS) is 9.55. The van der Waals surface area contributed by atoms with Crippen LogP contribution in [0.15, 0.2) is 24.3 Å². The average molecular weight is 154 g/mol. The summed E-state index contributed by atoms with van der Waals surface area (Å²) in [6, 6.07) is 5.83. The Morgan fingerprint density at radius 1 is 1.55 bits per heavy atom. The van der Waals surface area contributed by atoms with Crippen molar-refractivity contribution in [2.45, 2.75) is 6.67 Å². The van der Waals surface area contributed by atoms with Gasteiger partial charge in [-0.1, -0.05) is 12.1 Å². The number of hydrogen-bond acceptors (Lipinski definition) is 1. The van der Waals surface area contributed by atoms with Crippen molar-refractivity contribution in [1.82, 2.24) is 0 Å². The van der Waals surface area contributed by atoms with Crippen LogP contribution < -0.4 is 0 Å². The van der Waals surface area contributed by atoms with E-state index in [-0.39, 0.29) is 5.56 Å². The fourth-order valence-corrected chi connectivity index (χ4v) is 0.787. The third kappa shape index (κ3) is 1.77. The number of rotatable bonds is 2. The van der Waals surface area contributed by atoms with Crippen LogP contribution in [0.3, 0.4) is 0 Å². The van der Waals surface area contributed by atoms with Gasteiger partial charge in [-0.25, -0.2) is 9.18 Å². The van der Waals surface area contributed by atoms with Crippen molar-refractivity contribution in [3.63, 3.8) is 0 Å². The van der Waals surface area contributed by atoms with E-state index >= 15 is 0 Å². The van der Waals surface area contributed by atoms with E-state index in [4.69, 9.17) is 5.11 Å². The largest absolute Gasteiger partial charge is 0.478 e. The number of carbonyl (C=O) groups is 1. The zero-order valence-corrected chi connectivity index (χ0v) is 5.75. The molecular weight excluding hydrogens is 147 g/mol. The third-order valence-electron chi connectivity index (χ3n) is 1.33. The van der Waals surface area contributed by atoms with Crippen molar-refractivity contribution in [2.24, 2.45) is 0 Å². The number of hydrogen-bond donors (Lipinski definition) is 1. The van der Waals surface area contributed by atoms with Gasteiger partial charge in [-0.15, -0.1) is 0 Å². The summed E-state index contributed by atoms with van der Waals surface area (Å²) in [4.78, 5) is 10.3. The van der Waals surface area contributed by atoms with Crippen LogP contribution in [-0.4, -0.2) is 11.1 Å². The van der Waals surface area contributed by atoms with Gasteiger partial charge >= 0.3 is 5.97 Å². The summed E-state index contributed by atoms with van der Waals surface area (Å²) in [7, 11) is 0. The topological polar surface area (TPSA) is 37.3 Å². The molecule has 58 valence electrons. The molecule has 1 aromatic carbocycles. The Hall–Kier alpha value is -1.38. The maximum absolute atomic E-state index is 12.0. The van der Waals surface area contributed by atoms with Gasteiger partial charge in [0.15, 0.2) is 0 Å². The summed E-state index contributed by atoms with van der Waals surface area (Å²) in [6.45, 7) is -0.624. The number of aromatic carboxylic acids is 1. The summed E-state index contributed by atoms with van der Waals surface area (Å²) in [5, 5.41) is 8.48. The van der Waals surface area contributed by atoms with Gasteiger partial charge in [-0.2, -0.15) is 0 Å². The molecule has 0 saturated carbocycles. The van der Waals surface area contributed by atoms with Crippen molar-refractivity contribution in [3.05, 3.63) is 35.4 Å². The van der Waals surface area contributed by atoms with E-state index in [0.29, 0.717) is 5.56 Å². The van der Waals surface area contributed by atoms with Gasteiger partial charge in [0.05, 0.1) is 5.56 Å². The van der Waals surface area contributed by atoms with Crippen molar-refractivity contribution in [1.29, 1.82) is 0 Å². The summed E-state index contributed by atoms with van der Waals surface area (Å²) in [6.07, 6.45) is 0. The van der Waals surface area contributed by atoms with Crippen molar-refractivity contribution >= 4 is 5.97 Å². The lowest BCUT2D eigenvalue weighted by Gasteiger charge is -1.95. The summed E-state index contributed by atoms with van der Waals surface area (Å²) < 4.78 is 12.0. The molecule has 0 aromatic heterocycles. The Morgan fingerprint density at radius 3 is 2.82 bits per heavy atom. The summed E-state index contributed by atoms with van der Waals surface area (Å²) in [5.74, 6) is -1.03. The Labute approximate surface area is 63.3 Å². The SMILES string of the molecule is O=C(O)c1cccc(CF)c1. The van der Waals surface area contributed by atoms with E-state index in [0.717, 1.165) is 0 Å². The van der Waals surface area contributed by atoms with E-state index < -0.39 is 12.6 Å². The molecule has 1 N–H and O–H groups in total. The second kappa shape index (κ2) is 3.14. The lowest BCUT2D eigenvalue weighted by Crippen LogP contribution is -1.96. The van der Waals surface area contributed by atoms with Crippen LogP contribution in [0.25, 0.3) is 0 Å². The van der Waals surface area contributed by atoms with E-state index in [2.05, 4.69) is 0 Å². The number of halogens is 1. The van der Waals surface area contributed by atoms with Gasteiger partial charge in [0.1, 0.15) is 6.67 Å². The molecule has 0 aliphatic heterocycles. The van der Waals surface area contributed by atoms with Crippen LogP contribution in [0.5, 0.6) is 0 Å². The number of alkyl halides is 1. The molecular formula is C8H7FO2. The van der Waals surface area contributed by atoms with Crippen LogP contribution in [0.1, 0.15) is 15.9 Å². The minimum absolute atomic E-state index is 0.125. The zero-order chi connectivity index (χ0) is 8.27. The van der Waals surface area contributed by atoms with Crippen molar-refractivity contribution < 1.29 is 14.3 Å². The lowest BCUT2D eigenvalue weighted by atomic mass is 10.1. The molecule has 0 heterocycles. The van der Waals surface area contributed by atoms with Crippen LogP contribution >= 0.6 is 0 Å². The lowest BCUT2D eigenvalue weighted by molar-refractivity contribution is 0.0696. The van der Waals surface area contributed by atoms with Gasteiger partial charge in [0.2, 0.25) is 0 Å². The second-order valence-electron chi connectivity index (χ2n) is 2.14. The molecule has 0 radical (unpaired) electrons. The first-order chi connectivity index (χ1) is 5.24. The molecule has 0 unspecified atom stereocenters. The van der Waals surface area contributed by atoms with Crippen LogP contribution in [0.2, 0.25) is 0 Å². The Kier molecular flexibility index (Phi) is 2.21. The molecule has 1 rings (SSSR count). The predicted molar refractivity (Wildman–Crippen MR) is 38.2 cm³/mol. The van der Waals surface area contributed by atoms with E-state index in [1.165, 1.54) is 18.2 Å². The monoisotopic (exact) mass is 154 g/mol. The molecule has 0 fully saturated rings. The molecule has 0 bridgehead atoms. The van der Waals surface area contributed by atoms with Gasteiger partial charge in [-0.05, 0) is 17.7 Å². The fraction of sp³-hybridized carbons (Fsp3) is 0.125. The molecule has 1 aromatic rings. The van der Waals surface area contributed by atoms with Gasteiger partial charge in [-0.3, -0.25) is 0 Å². The highest BCUT2D eigenvalue weighted by Crippen LogP contribution is 2.05. The van der Waals surface area contributed by atoms with Gasteiger partial charge in [0, 0.05) is 0 Å². The maximum Gasteiger partial charge on any atom is 0.335 e. The highest BCUT2D eigenvalue weighted by Gasteiger charge is 2.01. The summed E-state index contributed by atoms with van der Waals surface area (Å²) in [5.41, 5.74) is 0.519. The first kappa shape index (κ1) is 7.72. The Bertz CT molecular complexity index is 271. The number of carboxylic acid groups (broad SMARTS) is 1. The zero-order valence-electron chi connectivity index (χ0n) is 5.75. The van der Waals surface area contributed by atoms with Gasteiger partial charge < -0.3 is 5.11 Å². The molecule has 0 spiro atoms. The minimum Gasteiger partial charge on any atom is -0.478 e. The smallest absolute Gasteiger partial charge is 0.335 e. The quantitative estimate of drug-likeness (QED) is 0.705. The molecule has 0 atom stereocenters. The van der Waals surface area contributed by atoms with Crippen LogP contribution in [0.4, 0.5) is 4.39 Å². The summed E-state index contributed by atoms with van der Waals surface area (Å²) >= 11 is 0. The molecule has 0 saturated heterocycles. The molecule has 0 amide bonds. The Morgan fingerprint density at radius 2 is 2.27 bits per heavy atom. The first-order valence-electron chi connectivity index (χ1n) is 3.12. The third-order valence-corrected chi connectivity index (χ3v) is 1.33. The predicted octanol–water partition coefficient (Wildman–Crippen LogP) is 1.85. The highest BCUT2D eigenvalue weighted by molar-refractivity contribution is 5.87. The second-order valence-corrected chi connectivity index (χ2v) is 2.14. The fourth-order valence-electron chi connectivity index (χ4n) is 0.787. The van der Waals surface area contributed by atoms with Crippen molar-refractivity contribution in [2.75, 3.05) is 0 Å². The standard InChI is InChI=1S/C8H7FO2/c9-5-6-2-1-3-7(4-6)8(10)11/h1-4H,5H2,(H,10,11). The van der Waals surface area contributed by atoms with Crippen LogP contribution in [-0.2, 0) is 6.67 Å². The van der Waals surface area contributed by atoms with E-state index in [1.807, 2.05) is 0 Å². The van der Waals surface area contributed by atoms with E-state index in [1.54, 1.807) is 6.07 Å². The molecule has 0 aliphatic rings. The Balaban J connectivity index is 3.01. The number of benzene rings is 1. The molecule has 11 heavy (non-hydrogen) atoms.